The lowest BCUT2D eigenvalue weighted by atomic mass is 9.94. The van der Waals surface area contributed by atoms with Gasteiger partial charge >= 0.3 is 0 Å². The van der Waals surface area contributed by atoms with Crippen molar-refractivity contribution in [1.82, 2.24) is 9.58 Å². The van der Waals surface area contributed by atoms with Gasteiger partial charge in [0.15, 0.2) is 23.1 Å². The van der Waals surface area contributed by atoms with Crippen LogP contribution in [0.25, 0.3) is 0 Å². The second kappa shape index (κ2) is 7.87. The fourth-order valence-electron chi connectivity index (χ4n) is 4.46. The molecule has 10 heteroatoms. The van der Waals surface area contributed by atoms with Crippen LogP contribution in [0.1, 0.15) is 34.1 Å². The van der Waals surface area contributed by atoms with Crippen LogP contribution in [0.5, 0.6) is 11.5 Å². The minimum atomic E-state index is -1.05. The molecule has 0 bridgehead atoms. The molecule has 7 nitrogen and oxygen atoms in total. The summed E-state index contributed by atoms with van der Waals surface area (Å²) < 4.78 is 36.6. The van der Waals surface area contributed by atoms with E-state index < -0.39 is 40.9 Å². The average Bonchev–Trinajstić information content (AvgIpc) is 2.78. The standard InChI is InChI=1S/C23H18BrF2N3O4/c1-27-19-7-9-33-18-11-16(26)15(25)10-13(18)20(12-4-2-3-5-14(12)24)29(19)28-8-6-17(30)22(31)21(28)23(27)32/h2-6,8,10-11,19-20,31H,7,9H2,1H3. The molecule has 2 aromatic carbocycles. The van der Waals surface area contributed by atoms with E-state index in [9.17, 15) is 23.5 Å². The van der Waals surface area contributed by atoms with Gasteiger partial charge in [-0.1, -0.05) is 34.1 Å². The van der Waals surface area contributed by atoms with Crippen LogP contribution in [-0.4, -0.2) is 40.4 Å². The highest BCUT2D eigenvalue weighted by Crippen LogP contribution is 2.43. The van der Waals surface area contributed by atoms with Crippen molar-refractivity contribution in [3.63, 3.8) is 0 Å². The number of carbonyl (C=O) groups excluding carboxylic acids is 1. The van der Waals surface area contributed by atoms with Gasteiger partial charge in [0, 0.05) is 41.8 Å². The molecule has 5 rings (SSSR count). The maximum Gasteiger partial charge on any atom is 0.277 e. The van der Waals surface area contributed by atoms with E-state index in [0.29, 0.717) is 22.0 Å². The minimum Gasteiger partial charge on any atom is -0.502 e. The fourth-order valence-corrected chi connectivity index (χ4v) is 4.96. The van der Waals surface area contributed by atoms with Crippen LogP contribution in [0, 0.1) is 11.6 Å². The second-order valence-electron chi connectivity index (χ2n) is 7.86. The molecule has 0 radical (unpaired) electrons. The highest BCUT2D eigenvalue weighted by molar-refractivity contribution is 9.10. The Morgan fingerprint density at radius 2 is 1.82 bits per heavy atom. The first-order valence-electron chi connectivity index (χ1n) is 10.2. The second-order valence-corrected chi connectivity index (χ2v) is 8.72. The molecule has 2 aliphatic rings. The summed E-state index contributed by atoms with van der Waals surface area (Å²) in [5.41, 5.74) is 0.122. The van der Waals surface area contributed by atoms with Gasteiger partial charge in [-0.25, -0.2) is 8.78 Å². The molecule has 0 aliphatic carbocycles. The zero-order valence-corrected chi connectivity index (χ0v) is 18.9. The molecule has 2 unspecified atom stereocenters. The summed E-state index contributed by atoms with van der Waals surface area (Å²) in [5, 5.41) is 12.3. The molecule has 0 saturated carbocycles. The van der Waals surface area contributed by atoms with Crippen molar-refractivity contribution in [1.29, 1.82) is 0 Å². The number of ether oxygens (including phenoxy) is 1. The van der Waals surface area contributed by atoms with Crippen LogP contribution >= 0.6 is 15.9 Å². The fraction of sp³-hybridized carbons (Fsp3) is 0.217. The molecule has 3 aromatic rings. The first-order chi connectivity index (χ1) is 15.8. The van der Waals surface area contributed by atoms with Crippen molar-refractivity contribution < 1.29 is 23.4 Å². The number of fused-ring (bicyclic) bond motifs is 4. The number of nitrogens with zero attached hydrogens (tertiary/aromatic N) is 3. The molecular formula is C23H18BrF2N3O4. The van der Waals surface area contributed by atoms with Gasteiger partial charge in [0.1, 0.15) is 18.0 Å². The molecule has 1 amide bonds. The van der Waals surface area contributed by atoms with E-state index in [1.165, 1.54) is 15.8 Å². The van der Waals surface area contributed by atoms with E-state index in [0.717, 1.165) is 18.2 Å². The average molecular weight is 518 g/mol. The summed E-state index contributed by atoms with van der Waals surface area (Å²) in [7, 11) is 1.56. The van der Waals surface area contributed by atoms with E-state index >= 15 is 0 Å². The van der Waals surface area contributed by atoms with Gasteiger partial charge in [0.2, 0.25) is 5.43 Å². The van der Waals surface area contributed by atoms with E-state index in [4.69, 9.17) is 4.74 Å². The highest BCUT2D eigenvalue weighted by atomic mass is 79.9. The molecule has 2 atom stereocenters. The molecule has 0 spiro atoms. The topological polar surface area (TPSA) is 75.0 Å². The van der Waals surface area contributed by atoms with Crippen molar-refractivity contribution in [3.05, 3.63) is 91.8 Å². The van der Waals surface area contributed by atoms with Crippen molar-refractivity contribution in [3.8, 4) is 11.5 Å². The van der Waals surface area contributed by atoms with Crippen LogP contribution in [-0.2, 0) is 0 Å². The van der Waals surface area contributed by atoms with Gasteiger partial charge in [-0.3, -0.25) is 19.3 Å². The Labute approximate surface area is 195 Å². The number of hydrogen-bond acceptors (Lipinski definition) is 5. The lowest BCUT2D eigenvalue weighted by Crippen LogP contribution is -2.62. The Bertz CT molecular complexity index is 1350. The number of pyridine rings is 1. The van der Waals surface area contributed by atoms with E-state index in [1.54, 1.807) is 18.1 Å². The minimum absolute atomic E-state index is 0.126. The number of halogens is 3. The normalized spacial score (nSPS) is 19.7. The molecule has 170 valence electrons. The van der Waals surface area contributed by atoms with E-state index in [2.05, 4.69) is 15.9 Å². The van der Waals surface area contributed by atoms with Crippen LogP contribution in [0.15, 0.2) is 57.9 Å². The van der Waals surface area contributed by atoms with Crippen LogP contribution in [0.2, 0.25) is 0 Å². The predicted octanol–water partition coefficient (Wildman–Crippen LogP) is 3.52. The number of amides is 1. The summed E-state index contributed by atoms with van der Waals surface area (Å²) in [4.78, 5) is 26.7. The van der Waals surface area contributed by atoms with E-state index in [1.807, 2.05) is 18.2 Å². The third-order valence-corrected chi connectivity index (χ3v) is 6.75. The van der Waals surface area contributed by atoms with Crippen molar-refractivity contribution in [2.45, 2.75) is 18.6 Å². The zero-order valence-electron chi connectivity index (χ0n) is 17.3. The number of aromatic nitrogens is 1. The molecule has 0 saturated heterocycles. The lowest BCUT2D eigenvalue weighted by molar-refractivity contribution is 0.0573. The molecule has 3 heterocycles. The molecule has 2 aliphatic heterocycles. The number of aromatic hydroxyl groups is 1. The molecule has 1 aromatic heterocycles. The smallest absolute Gasteiger partial charge is 0.277 e. The first kappa shape index (κ1) is 21.4. The van der Waals surface area contributed by atoms with Crippen LogP contribution in [0.4, 0.5) is 8.78 Å². The lowest BCUT2D eigenvalue weighted by Gasteiger charge is -2.50. The molecule has 33 heavy (non-hydrogen) atoms. The van der Waals surface area contributed by atoms with Crippen LogP contribution in [0.3, 0.4) is 0 Å². The summed E-state index contributed by atoms with van der Waals surface area (Å²) in [6, 6.07) is 9.73. The predicted molar refractivity (Wildman–Crippen MR) is 119 cm³/mol. The quantitative estimate of drug-likeness (QED) is 0.534. The Balaban J connectivity index is 1.87. The summed E-state index contributed by atoms with van der Waals surface area (Å²) in [6.07, 6.45) is 1.15. The summed E-state index contributed by atoms with van der Waals surface area (Å²) in [6.45, 7) is 0.126. The number of carbonyl (C=O) groups is 1. The van der Waals surface area contributed by atoms with Gasteiger partial charge in [-0.05, 0) is 17.7 Å². The van der Waals surface area contributed by atoms with Crippen LogP contribution < -0.4 is 15.2 Å². The summed E-state index contributed by atoms with van der Waals surface area (Å²) in [5.74, 6) is -3.13. The number of rotatable bonds is 1. The SMILES string of the molecule is CN1C(=O)c2c(O)c(=O)ccn2N2C(c3ccccc3Br)c3cc(F)c(F)cc3OCCC12. The van der Waals surface area contributed by atoms with Gasteiger partial charge in [-0.15, -0.1) is 0 Å². The molecular weight excluding hydrogens is 500 g/mol. The zero-order chi connectivity index (χ0) is 23.4. The monoisotopic (exact) mass is 517 g/mol. The van der Waals surface area contributed by atoms with Gasteiger partial charge in [0.25, 0.3) is 5.91 Å². The first-order valence-corrected chi connectivity index (χ1v) is 11.0. The Morgan fingerprint density at radius 1 is 1.09 bits per heavy atom. The van der Waals surface area contributed by atoms with Gasteiger partial charge < -0.3 is 14.7 Å². The van der Waals surface area contributed by atoms with Crippen molar-refractivity contribution in [2.24, 2.45) is 0 Å². The Kier molecular flexibility index (Phi) is 5.12. The molecule has 1 N–H and O–H groups in total. The number of benzene rings is 2. The largest absolute Gasteiger partial charge is 0.502 e. The van der Waals surface area contributed by atoms with Crippen molar-refractivity contribution >= 4 is 21.8 Å². The van der Waals surface area contributed by atoms with Gasteiger partial charge in [0.05, 0.1) is 6.61 Å². The van der Waals surface area contributed by atoms with E-state index in [-0.39, 0.29) is 18.1 Å². The van der Waals surface area contributed by atoms with Crippen molar-refractivity contribution in [2.75, 3.05) is 18.7 Å². The summed E-state index contributed by atoms with van der Waals surface area (Å²) >= 11 is 3.55. The maximum atomic E-state index is 14.5. The Morgan fingerprint density at radius 3 is 2.58 bits per heavy atom. The van der Waals surface area contributed by atoms with Gasteiger partial charge in [-0.2, -0.15) is 0 Å². The third-order valence-electron chi connectivity index (χ3n) is 6.02. The molecule has 0 fully saturated rings. The third kappa shape index (κ3) is 3.28. The Hall–Kier alpha value is -3.40. The maximum absolute atomic E-state index is 14.5. The number of hydrogen-bond donors (Lipinski definition) is 1. The highest BCUT2D eigenvalue weighted by Gasteiger charge is 2.43.